The molecule has 15 nitrogen and oxygen atoms in total. The summed E-state index contributed by atoms with van der Waals surface area (Å²) < 4.78 is 30.5. The fourth-order valence-corrected chi connectivity index (χ4v) is 8.94. The first kappa shape index (κ1) is 49.2. The number of phenols is 1. The van der Waals surface area contributed by atoms with Crippen molar-refractivity contribution in [2.75, 3.05) is 18.5 Å². The number of hydrogen-bond donors (Lipinski definition) is 4. The molecule has 1 fully saturated rings. The van der Waals surface area contributed by atoms with Gasteiger partial charge in [0.1, 0.15) is 53.1 Å². The van der Waals surface area contributed by atoms with Gasteiger partial charge in [0.2, 0.25) is 5.78 Å². The van der Waals surface area contributed by atoms with E-state index in [0.29, 0.717) is 42.9 Å². The molecule has 1 saturated heterocycles. The number of fused-ring (bicyclic) bond motifs is 6. The van der Waals surface area contributed by atoms with Gasteiger partial charge in [0, 0.05) is 54.1 Å². The van der Waals surface area contributed by atoms with Gasteiger partial charge in [0.25, 0.3) is 5.91 Å². The number of nitrogens with one attached hydrogen (secondary N) is 1. The maximum Gasteiger partial charge on any atom is 0.303 e. The Morgan fingerprint density at radius 1 is 1.08 bits per heavy atom. The number of benzene rings is 3. The average molecular weight is 908 g/mol. The summed E-state index contributed by atoms with van der Waals surface area (Å²) in [5.74, 6) is -0.516. The van der Waals surface area contributed by atoms with Crippen molar-refractivity contribution in [3.63, 3.8) is 0 Å². The Morgan fingerprint density at radius 2 is 1.77 bits per heavy atom. The van der Waals surface area contributed by atoms with E-state index in [-0.39, 0.29) is 61.5 Å². The van der Waals surface area contributed by atoms with Crippen LogP contribution in [0.4, 0.5) is 5.69 Å². The van der Waals surface area contributed by atoms with Crippen LogP contribution < -0.4 is 20.2 Å². The number of ether oxygens (including phenoxy) is 4. The monoisotopic (exact) mass is 907 g/mol. The second kappa shape index (κ2) is 19.7. The predicted molar refractivity (Wildman–Crippen MR) is 252 cm³/mol. The number of phenolic OH excluding ortho intramolecular Hbond substituents is 1. The van der Waals surface area contributed by atoms with Crippen molar-refractivity contribution in [1.82, 2.24) is 9.88 Å². The maximum atomic E-state index is 14.1. The standard InChI is InChI=1S/C51H61N3O12/c1-13-33-42(58)48(45(63-31(10)56)28(7)18-15-22-55)65-44(33)27(6)16-14-17-29(8)50(61)53-40-43(59)37-36(38-46(30(9)41(37)57)66-51(11,12)49(38)60)39-47(40)64-35-24-32(19-20-34(35)52-39)62-23-21-54(25(2)3)26(4)5/h1,14-17,19-20,22,24-28,33,42,44-45,48,55,58-59H,18,21,23H2,2-12H3,(H,53,61)/b16-14+,22-15+,29-17-/t27-,28+,33-,42+,44-,45+,48+/m0/s1. The smallest absolute Gasteiger partial charge is 0.303 e. The SMILES string of the molecule is C#C[C@H]1[C@@H](O)[C@H]([C@H](OC(C)=O)[C@H](C)C/C=C/O)O[C@H]1[C@@H](C)/C=C/C=C(/C)C(=O)Nc1c(O)c2c(=O)c(C)c3c(c2c2nc4ccc(OCCN(C(C)C)C(C)C)cc4oc12)C(=O)C(C)(C)O3. The molecule has 0 radical (unpaired) electrons. The van der Waals surface area contributed by atoms with Crippen LogP contribution in [0.2, 0.25) is 0 Å². The maximum absolute atomic E-state index is 14.1. The topological polar surface area (TPSA) is 207 Å². The molecule has 6 rings (SSSR count). The van der Waals surface area contributed by atoms with Crippen molar-refractivity contribution >= 4 is 56.3 Å². The summed E-state index contributed by atoms with van der Waals surface area (Å²) in [5.41, 5.74) is -1.21. The molecule has 1 aromatic heterocycles. The fourth-order valence-electron chi connectivity index (χ4n) is 8.94. The Kier molecular flexibility index (Phi) is 14.7. The van der Waals surface area contributed by atoms with Gasteiger partial charge >= 0.3 is 5.97 Å². The number of esters is 1. The van der Waals surface area contributed by atoms with E-state index in [1.807, 2.05) is 13.8 Å². The third-order valence-electron chi connectivity index (χ3n) is 12.5. The fraction of sp³-hybridized carbons (Fsp3) is 0.471. The summed E-state index contributed by atoms with van der Waals surface area (Å²) >= 11 is 0. The van der Waals surface area contributed by atoms with Gasteiger partial charge in [-0.1, -0.05) is 38.0 Å². The van der Waals surface area contributed by atoms with Crippen molar-refractivity contribution in [2.45, 2.75) is 125 Å². The van der Waals surface area contributed by atoms with E-state index in [1.165, 1.54) is 26.0 Å². The van der Waals surface area contributed by atoms with E-state index in [0.717, 1.165) is 6.26 Å². The Hall–Kier alpha value is -6.21. The number of ketones is 1. The highest BCUT2D eigenvalue weighted by Gasteiger charge is 2.50. The van der Waals surface area contributed by atoms with Crippen LogP contribution in [0.1, 0.15) is 91.6 Å². The minimum atomic E-state index is -1.31. The van der Waals surface area contributed by atoms with Crippen molar-refractivity contribution in [1.29, 1.82) is 0 Å². The number of aliphatic hydroxyl groups is 2. The lowest BCUT2D eigenvalue weighted by Gasteiger charge is -2.30. The van der Waals surface area contributed by atoms with Crippen molar-refractivity contribution in [2.24, 2.45) is 17.8 Å². The van der Waals surface area contributed by atoms with Crippen molar-refractivity contribution < 1.29 is 53.1 Å². The van der Waals surface area contributed by atoms with Crippen molar-refractivity contribution in [3.05, 3.63) is 75.7 Å². The van der Waals surface area contributed by atoms with Crippen LogP contribution in [0.3, 0.4) is 0 Å². The lowest BCUT2D eigenvalue weighted by molar-refractivity contribution is -0.163. The minimum absolute atomic E-state index is 0.0432. The Labute approximate surface area is 384 Å². The van der Waals surface area contributed by atoms with Crippen LogP contribution in [0.25, 0.3) is 33.0 Å². The van der Waals surface area contributed by atoms with Gasteiger partial charge in [-0.25, -0.2) is 4.98 Å². The molecule has 0 spiro atoms. The Morgan fingerprint density at radius 3 is 2.41 bits per heavy atom. The number of aromatic hydroxyl groups is 1. The van der Waals surface area contributed by atoms with Gasteiger partial charge in [-0.05, 0) is 85.9 Å². The van der Waals surface area contributed by atoms with Gasteiger partial charge in [0.05, 0.1) is 29.2 Å². The number of nitrogens with zero attached hydrogens (tertiary/aromatic N) is 2. The normalized spacial score (nSPS) is 21.0. The number of carbonyl (C=O) groups is 3. The summed E-state index contributed by atoms with van der Waals surface area (Å²) in [6.07, 6.45) is 9.92. The Bertz CT molecular complexity index is 2730. The number of aliphatic hydroxyl groups excluding tert-OH is 2. The predicted octanol–water partition coefficient (Wildman–Crippen LogP) is 7.84. The van der Waals surface area contributed by atoms with E-state index in [4.69, 9.17) is 34.8 Å². The molecule has 352 valence electrons. The highest BCUT2D eigenvalue weighted by Crippen LogP contribution is 2.48. The number of rotatable bonds is 16. The molecule has 0 aliphatic carbocycles. The van der Waals surface area contributed by atoms with Crippen LogP contribution in [0.15, 0.2) is 63.6 Å². The number of allylic oxidation sites excluding steroid dienone is 3. The highest BCUT2D eigenvalue weighted by molar-refractivity contribution is 6.26. The second-order valence-corrected chi connectivity index (χ2v) is 18.3. The molecule has 1 amide bonds. The summed E-state index contributed by atoms with van der Waals surface area (Å²) in [4.78, 5) is 61.3. The zero-order valence-electron chi connectivity index (χ0n) is 39.4. The lowest BCUT2D eigenvalue weighted by Crippen LogP contribution is -2.43. The van der Waals surface area contributed by atoms with Crippen molar-refractivity contribution in [3.8, 4) is 29.6 Å². The molecule has 0 bridgehead atoms. The van der Waals surface area contributed by atoms with E-state index >= 15 is 0 Å². The zero-order valence-corrected chi connectivity index (χ0v) is 39.4. The summed E-state index contributed by atoms with van der Waals surface area (Å²) in [7, 11) is 0. The minimum Gasteiger partial charge on any atom is -0.516 e. The molecule has 15 heteroatoms. The van der Waals surface area contributed by atoms with Crippen LogP contribution in [0.5, 0.6) is 17.2 Å². The van der Waals surface area contributed by atoms with Crippen LogP contribution in [-0.2, 0) is 19.1 Å². The number of anilines is 1. The molecule has 4 N–H and O–H groups in total. The van der Waals surface area contributed by atoms with Crippen LogP contribution >= 0.6 is 0 Å². The second-order valence-electron chi connectivity index (χ2n) is 18.3. The number of amides is 1. The number of carbonyl (C=O) groups excluding carboxylic acids is 3. The number of terminal acetylenes is 1. The van der Waals surface area contributed by atoms with Gasteiger partial charge in [0.15, 0.2) is 27.9 Å². The molecule has 2 aliphatic rings. The first-order valence-corrected chi connectivity index (χ1v) is 22.3. The van der Waals surface area contributed by atoms with E-state index < -0.39 is 70.7 Å². The number of Topliss-reactive ketones (excluding diaryl/α,β-unsaturated/α-hetero) is 1. The summed E-state index contributed by atoms with van der Waals surface area (Å²) in [6, 6.07) is 5.73. The molecule has 3 aromatic carbocycles. The lowest BCUT2D eigenvalue weighted by atomic mass is 9.86. The number of hydrogen-bond acceptors (Lipinski definition) is 14. The van der Waals surface area contributed by atoms with E-state index in [2.05, 4.69) is 43.8 Å². The summed E-state index contributed by atoms with van der Waals surface area (Å²) in [6.45, 7) is 20.7. The molecular formula is C51H61N3O12. The summed E-state index contributed by atoms with van der Waals surface area (Å²) in [5, 5.41) is 35.1. The quantitative estimate of drug-likeness (QED) is 0.0124. The molecule has 0 saturated carbocycles. The molecule has 2 aliphatic heterocycles. The average Bonchev–Trinajstić information content (AvgIpc) is 3.72. The molecule has 66 heavy (non-hydrogen) atoms. The molecule has 3 heterocycles. The highest BCUT2D eigenvalue weighted by atomic mass is 16.6. The molecule has 7 atom stereocenters. The zero-order chi connectivity index (χ0) is 48.5. The van der Waals surface area contributed by atoms with E-state index in [1.54, 1.807) is 51.1 Å². The third kappa shape index (κ3) is 9.54. The molecular weight excluding hydrogens is 847 g/mol. The first-order valence-electron chi connectivity index (χ1n) is 22.3. The molecule has 4 aromatic rings. The number of aromatic nitrogens is 1. The molecule has 0 unspecified atom stereocenters. The van der Waals surface area contributed by atoms with Gasteiger partial charge < -0.3 is 44.0 Å². The van der Waals surface area contributed by atoms with E-state index in [9.17, 15) is 34.5 Å². The van der Waals surface area contributed by atoms with Gasteiger partial charge in [-0.3, -0.25) is 24.1 Å². The van der Waals surface area contributed by atoms with Crippen LogP contribution in [-0.4, -0.2) is 98.1 Å². The Balaban J connectivity index is 1.36. The third-order valence-corrected chi connectivity index (χ3v) is 12.5. The van der Waals surface area contributed by atoms with Gasteiger partial charge in [-0.2, -0.15) is 0 Å². The van der Waals surface area contributed by atoms with Gasteiger partial charge in [-0.15, -0.1) is 6.42 Å². The largest absolute Gasteiger partial charge is 0.516 e. The first-order chi connectivity index (χ1) is 31.1. The van der Waals surface area contributed by atoms with Crippen LogP contribution in [0, 0.1) is 37.0 Å².